The molecule has 0 bridgehead atoms. The molecule has 12 heavy (non-hydrogen) atoms. The molecule has 62 valence electrons. The first-order valence-electron chi connectivity index (χ1n) is 3.54. The van der Waals surface area contributed by atoms with Crippen molar-refractivity contribution in [1.29, 1.82) is 5.26 Å². The fourth-order valence-corrected chi connectivity index (χ4v) is 0.842. The highest BCUT2D eigenvalue weighted by Gasteiger charge is 2.05. The summed E-state index contributed by atoms with van der Waals surface area (Å²) in [6.07, 6.45) is 1.45. The standard InChI is InChI=1S/C8H8N2O2/c1-2-12-7-3-4-10-8(11)6(7)5-9/h3-4H,2H2,1H3,(H,10,11). The van der Waals surface area contributed by atoms with Gasteiger partial charge in [-0.05, 0) is 13.0 Å². The number of ether oxygens (including phenoxy) is 1. The van der Waals surface area contributed by atoms with Crippen LogP contribution in [0.1, 0.15) is 12.5 Å². The molecule has 1 aromatic heterocycles. The molecule has 1 aromatic rings. The van der Waals surface area contributed by atoms with Gasteiger partial charge in [0.25, 0.3) is 5.56 Å². The zero-order chi connectivity index (χ0) is 8.97. The second-order valence-electron chi connectivity index (χ2n) is 2.09. The van der Waals surface area contributed by atoms with Gasteiger partial charge < -0.3 is 9.72 Å². The number of aromatic amines is 1. The van der Waals surface area contributed by atoms with Gasteiger partial charge in [-0.3, -0.25) is 4.79 Å². The van der Waals surface area contributed by atoms with E-state index >= 15 is 0 Å². The quantitative estimate of drug-likeness (QED) is 0.697. The van der Waals surface area contributed by atoms with Gasteiger partial charge in [0.1, 0.15) is 11.8 Å². The Balaban J connectivity index is 3.21. The van der Waals surface area contributed by atoms with E-state index in [1.165, 1.54) is 6.20 Å². The molecule has 0 spiro atoms. The molecule has 0 unspecified atom stereocenters. The van der Waals surface area contributed by atoms with Crippen LogP contribution < -0.4 is 10.3 Å². The maximum atomic E-state index is 11.0. The van der Waals surface area contributed by atoms with Crippen molar-refractivity contribution in [3.05, 3.63) is 28.2 Å². The molecular weight excluding hydrogens is 156 g/mol. The molecule has 4 heteroatoms. The van der Waals surface area contributed by atoms with Gasteiger partial charge in [0.15, 0.2) is 5.56 Å². The van der Waals surface area contributed by atoms with E-state index in [0.717, 1.165) is 0 Å². The molecule has 0 aliphatic carbocycles. The number of hydrogen-bond donors (Lipinski definition) is 1. The predicted molar refractivity (Wildman–Crippen MR) is 42.9 cm³/mol. The van der Waals surface area contributed by atoms with Crippen LogP contribution in [0.3, 0.4) is 0 Å². The second-order valence-corrected chi connectivity index (χ2v) is 2.09. The van der Waals surface area contributed by atoms with Gasteiger partial charge >= 0.3 is 0 Å². The van der Waals surface area contributed by atoms with Crippen LogP contribution >= 0.6 is 0 Å². The third-order valence-electron chi connectivity index (χ3n) is 1.33. The van der Waals surface area contributed by atoms with Gasteiger partial charge in [-0.25, -0.2) is 0 Å². The maximum Gasteiger partial charge on any atom is 0.269 e. The molecule has 0 aliphatic rings. The lowest BCUT2D eigenvalue weighted by Crippen LogP contribution is -2.11. The zero-order valence-electron chi connectivity index (χ0n) is 6.63. The minimum absolute atomic E-state index is 0.0272. The number of pyridine rings is 1. The number of hydrogen-bond acceptors (Lipinski definition) is 3. The number of rotatable bonds is 2. The second kappa shape index (κ2) is 3.58. The van der Waals surface area contributed by atoms with Crippen molar-refractivity contribution in [3.8, 4) is 11.8 Å². The molecule has 4 nitrogen and oxygen atoms in total. The fraction of sp³-hybridized carbons (Fsp3) is 0.250. The lowest BCUT2D eigenvalue weighted by molar-refractivity contribution is 0.338. The van der Waals surface area contributed by atoms with E-state index in [2.05, 4.69) is 4.98 Å². The van der Waals surface area contributed by atoms with Crippen molar-refractivity contribution in [2.75, 3.05) is 6.61 Å². The summed E-state index contributed by atoms with van der Waals surface area (Å²) >= 11 is 0. The molecule has 1 rings (SSSR count). The first-order chi connectivity index (χ1) is 5.79. The number of nitriles is 1. The van der Waals surface area contributed by atoms with Crippen molar-refractivity contribution >= 4 is 0 Å². The largest absolute Gasteiger partial charge is 0.492 e. The molecule has 0 amide bonds. The highest BCUT2D eigenvalue weighted by molar-refractivity contribution is 5.39. The molecular formula is C8H8N2O2. The van der Waals surface area contributed by atoms with E-state index in [0.29, 0.717) is 12.4 Å². The average Bonchev–Trinajstić information content (AvgIpc) is 2.05. The minimum atomic E-state index is -0.413. The summed E-state index contributed by atoms with van der Waals surface area (Å²) in [5, 5.41) is 8.58. The molecule has 0 aliphatic heterocycles. The molecule has 0 radical (unpaired) electrons. The first-order valence-corrected chi connectivity index (χ1v) is 3.54. The Morgan fingerprint density at radius 3 is 3.08 bits per heavy atom. The Morgan fingerprint density at radius 1 is 1.75 bits per heavy atom. The SMILES string of the molecule is CCOc1cc[nH]c(=O)c1C#N. The molecule has 0 aromatic carbocycles. The lowest BCUT2D eigenvalue weighted by Gasteiger charge is -2.02. The topological polar surface area (TPSA) is 65.9 Å². The number of nitrogens with one attached hydrogen (secondary N) is 1. The van der Waals surface area contributed by atoms with E-state index < -0.39 is 5.56 Å². The Bertz CT molecular complexity index is 362. The van der Waals surface area contributed by atoms with Gasteiger partial charge in [0, 0.05) is 6.20 Å². The van der Waals surface area contributed by atoms with E-state index in [1.807, 2.05) is 0 Å². The van der Waals surface area contributed by atoms with Gasteiger partial charge in [0.05, 0.1) is 6.61 Å². The normalized spacial score (nSPS) is 9.00. The molecule has 1 N–H and O–H groups in total. The highest BCUT2D eigenvalue weighted by atomic mass is 16.5. The summed E-state index contributed by atoms with van der Waals surface area (Å²) in [4.78, 5) is 13.4. The average molecular weight is 164 g/mol. The Labute approximate surface area is 69.4 Å². The van der Waals surface area contributed by atoms with Gasteiger partial charge in [-0.15, -0.1) is 0 Å². The van der Waals surface area contributed by atoms with Crippen LogP contribution in [0.5, 0.6) is 5.75 Å². The van der Waals surface area contributed by atoms with Crippen molar-refractivity contribution in [3.63, 3.8) is 0 Å². The van der Waals surface area contributed by atoms with Crippen LogP contribution in [0.2, 0.25) is 0 Å². The number of nitrogens with zero attached hydrogens (tertiary/aromatic N) is 1. The molecule has 0 saturated heterocycles. The molecule has 0 atom stereocenters. The summed E-state index contributed by atoms with van der Waals surface area (Å²) in [5.74, 6) is 0.337. The number of aromatic nitrogens is 1. The van der Waals surface area contributed by atoms with E-state index in [9.17, 15) is 4.79 Å². The van der Waals surface area contributed by atoms with Gasteiger partial charge in [-0.1, -0.05) is 0 Å². The Kier molecular flexibility index (Phi) is 2.49. The molecule has 1 heterocycles. The summed E-state index contributed by atoms with van der Waals surface area (Å²) in [6.45, 7) is 2.24. The fourth-order valence-electron chi connectivity index (χ4n) is 0.842. The van der Waals surface area contributed by atoms with Crippen molar-refractivity contribution < 1.29 is 4.74 Å². The zero-order valence-corrected chi connectivity index (χ0v) is 6.63. The van der Waals surface area contributed by atoms with Crippen LogP contribution in [0.4, 0.5) is 0 Å². The van der Waals surface area contributed by atoms with Crippen LogP contribution in [-0.4, -0.2) is 11.6 Å². The smallest absolute Gasteiger partial charge is 0.269 e. The summed E-state index contributed by atoms with van der Waals surface area (Å²) in [5.41, 5.74) is -0.386. The molecule has 0 fully saturated rings. The first kappa shape index (κ1) is 8.34. The third kappa shape index (κ3) is 1.45. The van der Waals surface area contributed by atoms with Crippen LogP contribution in [-0.2, 0) is 0 Å². The van der Waals surface area contributed by atoms with E-state index in [1.54, 1.807) is 19.1 Å². The van der Waals surface area contributed by atoms with E-state index in [4.69, 9.17) is 10.00 Å². The predicted octanol–water partition coefficient (Wildman–Crippen LogP) is 0.645. The highest BCUT2D eigenvalue weighted by Crippen LogP contribution is 2.10. The Hall–Kier alpha value is -1.76. The van der Waals surface area contributed by atoms with Crippen molar-refractivity contribution in [2.24, 2.45) is 0 Å². The van der Waals surface area contributed by atoms with Gasteiger partial charge in [-0.2, -0.15) is 5.26 Å². The number of H-pyrrole nitrogens is 1. The van der Waals surface area contributed by atoms with Crippen LogP contribution in [0, 0.1) is 11.3 Å². The van der Waals surface area contributed by atoms with Gasteiger partial charge in [0.2, 0.25) is 0 Å². The summed E-state index contributed by atoms with van der Waals surface area (Å²) in [7, 11) is 0. The summed E-state index contributed by atoms with van der Waals surface area (Å²) < 4.78 is 5.07. The molecule has 0 saturated carbocycles. The third-order valence-corrected chi connectivity index (χ3v) is 1.33. The van der Waals surface area contributed by atoms with Crippen LogP contribution in [0.15, 0.2) is 17.1 Å². The minimum Gasteiger partial charge on any atom is -0.492 e. The monoisotopic (exact) mass is 164 g/mol. The summed E-state index contributed by atoms with van der Waals surface area (Å²) in [6, 6.07) is 3.34. The maximum absolute atomic E-state index is 11.0. The van der Waals surface area contributed by atoms with E-state index in [-0.39, 0.29) is 5.56 Å². The Morgan fingerprint density at radius 2 is 2.50 bits per heavy atom. The van der Waals surface area contributed by atoms with Crippen molar-refractivity contribution in [2.45, 2.75) is 6.92 Å². The van der Waals surface area contributed by atoms with Crippen molar-refractivity contribution in [1.82, 2.24) is 4.98 Å². The van der Waals surface area contributed by atoms with Crippen LogP contribution in [0.25, 0.3) is 0 Å². The lowest BCUT2D eigenvalue weighted by atomic mass is 10.3.